The Kier molecular flexibility index (Phi) is 5.65. The van der Waals surface area contributed by atoms with Crippen LogP contribution in [0.15, 0.2) is 48.5 Å². The second-order valence-electron chi connectivity index (χ2n) is 7.91. The Bertz CT molecular complexity index is 810. The normalized spacial score (nSPS) is 26.7. The SMILES string of the molecule is COC(=O)[C@H]1[C@@H](OC(c2ccc(F)cc2)c2ccc(F)cc2)C[C@H]2CC[C@@H]1N2C. The smallest absolute Gasteiger partial charge is 0.312 e. The van der Waals surface area contributed by atoms with Crippen molar-refractivity contribution in [3.63, 3.8) is 0 Å². The molecular formula is C23H25F2NO3. The lowest BCUT2D eigenvalue weighted by atomic mass is 9.87. The molecule has 4 rings (SSSR count). The van der Waals surface area contributed by atoms with Gasteiger partial charge >= 0.3 is 5.97 Å². The van der Waals surface area contributed by atoms with Gasteiger partial charge in [-0.15, -0.1) is 0 Å². The molecule has 2 fully saturated rings. The molecule has 0 unspecified atom stereocenters. The number of benzene rings is 2. The maximum atomic E-state index is 13.5. The molecule has 0 N–H and O–H groups in total. The third kappa shape index (κ3) is 3.91. The average molecular weight is 401 g/mol. The third-order valence-electron chi connectivity index (χ3n) is 6.34. The lowest BCUT2D eigenvalue weighted by Crippen LogP contribution is -2.53. The summed E-state index contributed by atoms with van der Waals surface area (Å²) in [5, 5.41) is 0. The minimum atomic E-state index is -0.531. The zero-order valence-electron chi connectivity index (χ0n) is 16.6. The molecule has 4 atom stereocenters. The van der Waals surface area contributed by atoms with Crippen molar-refractivity contribution < 1.29 is 23.0 Å². The minimum absolute atomic E-state index is 0.0771. The zero-order valence-corrected chi connectivity index (χ0v) is 16.6. The van der Waals surface area contributed by atoms with Crippen molar-refractivity contribution in [2.45, 2.75) is 43.6 Å². The number of hydrogen-bond donors (Lipinski definition) is 0. The summed E-state index contributed by atoms with van der Waals surface area (Å²) in [6, 6.07) is 12.6. The Morgan fingerprint density at radius 2 is 1.55 bits per heavy atom. The molecule has 2 heterocycles. The van der Waals surface area contributed by atoms with Gasteiger partial charge in [0, 0.05) is 12.1 Å². The number of ether oxygens (including phenoxy) is 2. The van der Waals surface area contributed by atoms with E-state index in [0.717, 1.165) is 24.0 Å². The molecule has 2 aromatic carbocycles. The minimum Gasteiger partial charge on any atom is -0.469 e. The Morgan fingerprint density at radius 3 is 2.07 bits per heavy atom. The van der Waals surface area contributed by atoms with E-state index in [-0.39, 0.29) is 29.7 Å². The Balaban J connectivity index is 1.68. The number of hydrogen-bond acceptors (Lipinski definition) is 4. The summed E-state index contributed by atoms with van der Waals surface area (Å²) in [7, 11) is 3.45. The molecule has 154 valence electrons. The van der Waals surface area contributed by atoms with Crippen LogP contribution in [-0.4, -0.2) is 43.2 Å². The van der Waals surface area contributed by atoms with Gasteiger partial charge in [-0.1, -0.05) is 24.3 Å². The van der Waals surface area contributed by atoms with E-state index in [2.05, 4.69) is 4.90 Å². The van der Waals surface area contributed by atoms with Crippen LogP contribution in [0.2, 0.25) is 0 Å². The van der Waals surface area contributed by atoms with Gasteiger partial charge in [0.2, 0.25) is 0 Å². The van der Waals surface area contributed by atoms with Crippen LogP contribution in [0.1, 0.15) is 36.5 Å². The van der Waals surface area contributed by atoms with Crippen molar-refractivity contribution in [3.05, 3.63) is 71.3 Å². The van der Waals surface area contributed by atoms with Crippen LogP contribution in [0.3, 0.4) is 0 Å². The van der Waals surface area contributed by atoms with Crippen molar-refractivity contribution in [1.82, 2.24) is 4.90 Å². The van der Waals surface area contributed by atoms with E-state index >= 15 is 0 Å². The van der Waals surface area contributed by atoms with Gasteiger partial charge in [-0.3, -0.25) is 9.69 Å². The molecule has 2 saturated heterocycles. The monoisotopic (exact) mass is 401 g/mol. The van der Waals surface area contributed by atoms with E-state index in [4.69, 9.17) is 9.47 Å². The van der Waals surface area contributed by atoms with Crippen LogP contribution in [0.4, 0.5) is 8.78 Å². The second-order valence-corrected chi connectivity index (χ2v) is 7.91. The maximum Gasteiger partial charge on any atom is 0.312 e. The molecule has 2 aromatic rings. The average Bonchev–Trinajstić information content (AvgIpc) is 2.96. The molecule has 0 aliphatic carbocycles. The van der Waals surface area contributed by atoms with Gasteiger partial charge in [-0.2, -0.15) is 0 Å². The third-order valence-corrected chi connectivity index (χ3v) is 6.34. The predicted octanol–water partition coefficient (Wildman–Crippen LogP) is 4.10. The molecule has 2 bridgehead atoms. The number of fused-ring (bicyclic) bond motifs is 2. The summed E-state index contributed by atoms with van der Waals surface area (Å²) in [5.41, 5.74) is 1.51. The Hall–Kier alpha value is -2.31. The van der Waals surface area contributed by atoms with Gasteiger partial charge < -0.3 is 9.47 Å². The molecule has 6 heteroatoms. The first-order chi connectivity index (χ1) is 14.0. The number of carbonyl (C=O) groups is 1. The number of carbonyl (C=O) groups excluding carboxylic acids is 1. The number of methoxy groups -OCH3 is 1. The summed E-state index contributed by atoms with van der Waals surface area (Å²) in [5.74, 6) is -1.34. The standard InChI is InChI=1S/C23H25F2NO3/c1-26-18-11-12-19(26)21(23(27)28-2)20(13-18)29-22(14-3-7-16(24)8-4-14)15-5-9-17(25)10-6-15/h3-10,18-22H,11-13H2,1-2H3/t18-,19+,20+,21-/m1/s1. The molecule has 0 spiro atoms. The zero-order chi connectivity index (χ0) is 20.5. The van der Waals surface area contributed by atoms with Crippen LogP contribution in [-0.2, 0) is 14.3 Å². The fourth-order valence-electron chi connectivity index (χ4n) is 4.81. The highest BCUT2D eigenvalue weighted by molar-refractivity contribution is 5.74. The molecule has 2 aliphatic rings. The van der Waals surface area contributed by atoms with E-state index in [1.54, 1.807) is 24.3 Å². The summed E-state index contributed by atoms with van der Waals surface area (Å²) in [6.07, 6.45) is 1.80. The number of esters is 1. The van der Waals surface area contributed by atoms with E-state index in [1.165, 1.54) is 31.4 Å². The Labute approximate surface area is 169 Å². The number of rotatable bonds is 5. The van der Waals surface area contributed by atoms with Crippen molar-refractivity contribution in [1.29, 1.82) is 0 Å². The fourth-order valence-corrected chi connectivity index (χ4v) is 4.81. The highest BCUT2D eigenvalue weighted by Crippen LogP contribution is 2.42. The van der Waals surface area contributed by atoms with E-state index in [9.17, 15) is 13.6 Å². The lowest BCUT2D eigenvalue weighted by molar-refractivity contribution is -0.162. The highest BCUT2D eigenvalue weighted by atomic mass is 19.1. The fraction of sp³-hybridized carbons (Fsp3) is 0.435. The van der Waals surface area contributed by atoms with Gasteiger partial charge in [0.1, 0.15) is 17.7 Å². The highest BCUT2D eigenvalue weighted by Gasteiger charge is 2.50. The number of halogens is 2. The summed E-state index contributed by atoms with van der Waals surface area (Å²) < 4.78 is 38.6. The molecule has 2 aliphatic heterocycles. The topological polar surface area (TPSA) is 38.8 Å². The second kappa shape index (κ2) is 8.20. The predicted molar refractivity (Wildman–Crippen MR) is 104 cm³/mol. The van der Waals surface area contributed by atoms with Gasteiger partial charge in [-0.25, -0.2) is 8.78 Å². The summed E-state index contributed by atoms with van der Waals surface area (Å²) in [4.78, 5) is 14.9. The van der Waals surface area contributed by atoms with Crippen LogP contribution < -0.4 is 0 Å². The molecular weight excluding hydrogens is 376 g/mol. The first kappa shape index (κ1) is 20.0. The molecule has 4 nitrogen and oxygen atoms in total. The van der Waals surface area contributed by atoms with Gasteiger partial charge in [0.05, 0.1) is 19.1 Å². The maximum absolute atomic E-state index is 13.5. The largest absolute Gasteiger partial charge is 0.469 e. The molecule has 0 saturated carbocycles. The van der Waals surface area contributed by atoms with E-state index < -0.39 is 12.0 Å². The molecule has 0 amide bonds. The van der Waals surface area contributed by atoms with Crippen molar-refractivity contribution >= 4 is 5.97 Å². The van der Waals surface area contributed by atoms with E-state index in [1.807, 2.05) is 7.05 Å². The van der Waals surface area contributed by atoms with Crippen LogP contribution >= 0.6 is 0 Å². The lowest BCUT2D eigenvalue weighted by Gasteiger charge is -2.42. The molecule has 0 aromatic heterocycles. The van der Waals surface area contributed by atoms with Crippen molar-refractivity contribution in [2.24, 2.45) is 5.92 Å². The first-order valence-corrected chi connectivity index (χ1v) is 9.94. The van der Waals surface area contributed by atoms with Gasteiger partial charge in [0.15, 0.2) is 0 Å². The van der Waals surface area contributed by atoms with Crippen molar-refractivity contribution in [3.8, 4) is 0 Å². The summed E-state index contributed by atoms with van der Waals surface area (Å²) in [6.45, 7) is 0. The molecule has 0 radical (unpaired) electrons. The van der Waals surface area contributed by atoms with Crippen LogP contribution in [0.25, 0.3) is 0 Å². The van der Waals surface area contributed by atoms with Gasteiger partial charge in [-0.05, 0) is 61.7 Å². The first-order valence-electron chi connectivity index (χ1n) is 9.94. The quantitative estimate of drug-likeness (QED) is 0.708. The van der Waals surface area contributed by atoms with E-state index in [0.29, 0.717) is 12.5 Å². The van der Waals surface area contributed by atoms with Gasteiger partial charge in [0.25, 0.3) is 0 Å². The number of nitrogens with zero attached hydrogens (tertiary/aromatic N) is 1. The molecule has 29 heavy (non-hydrogen) atoms. The van der Waals surface area contributed by atoms with Crippen LogP contribution in [0, 0.1) is 17.6 Å². The van der Waals surface area contributed by atoms with Crippen molar-refractivity contribution in [2.75, 3.05) is 14.2 Å². The number of piperidine rings is 1. The van der Waals surface area contributed by atoms with Crippen LogP contribution in [0.5, 0.6) is 0 Å². The summed E-state index contributed by atoms with van der Waals surface area (Å²) >= 11 is 0. The Morgan fingerprint density at radius 1 is 1.00 bits per heavy atom.